The molecule has 0 aromatic heterocycles. The molecule has 4 rings (SSSR count). The van der Waals surface area contributed by atoms with E-state index in [1.807, 2.05) is 0 Å². The van der Waals surface area contributed by atoms with Crippen LogP contribution in [-0.2, 0) is 14.4 Å². The fraction of sp³-hybridized carbons (Fsp3) is 0.286. The van der Waals surface area contributed by atoms with Crippen LogP contribution in [0.2, 0.25) is 0 Å². The summed E-state index contributed by atoms with van der Waals surface area (Å²) in [4.78, 5) is 39.2. The second-order valence-electron chi connectivity index (χ2n) is 7.11. The van der Waals surface area contributed by atoms with Gasteiger partial charge in [-0.3, -0.25) is 19.7 Å². The maximum absolute atomic E-state index is 13.3. The van der Waals surface area contributed by atoms with E-state index in [2.05, 4.69) is 5.32 Å². The number of fused-ring (bicyclic) bond motifs is 1. The molecule has 4 atom stereocenters. The van der Waals surface area contributed by atoms with Crippen molar-refractivity contribution in [3.05, 3.63) is 53.8 Å². The number of methoxy groups -OCH3 is 2. The topological polar surface area (TPSA) is 105 Å². The first-order valence-corrected chi connectivity index (χ1v) is 9.21. The van der Waals surface area contributed by atoms with E-state index in [1.165, 1.54) is 26.4 Å². The van der Waals surface area contributed by atoms with Crippen LogP contribution in [0.1, 0.15) is 11.6 Å². The summed E-state index contributed by atoms with van der Waals surface area (Å²) < 4.78 is 23.9. The number of rotatable bonds is 5. The molecule has 0 spiro atoms. The van der Waals surface area contributed by atoms with Gasteiger partial charge in [-0.2, -0.15) is 0 Å². The van der Waals surface area contributed by atoms with Crippen LogP contribution in [0, 0.1) is 17.7 Å². The fourth-order valence-electron chi connectivity index (χ4n) is 4.25. The second kappa shape index (κ2) is 7.42. The van der Waals surface area contributed by atoms with Crippen molar-refractivity contribution in [2.24, 2.45) is 11.8 Å². The Bertz CT molecular complexity index is 1020. The highest BCUT2D eigenvalue weighted by atomic mass is 19.1. The molecule has 156 valence electrons. The van der Waals surface area contributed by atoms with Crippen LogP contribution < -0.4 is 19.7 Å². The van der Waals surface area contributed by atoms with Gasteiger partial charge in [-0.25, -0.2) is 9.29 Å². The molecule has 2 aromatic rings. The summed E-state index contributed by atoms with van der Waals surface area (Å²) in [5.41, 5.74) is 0.707. The number of amides is 2. The van der Waals surface area contributed by atoms with Gasteiger partial charge >= 0.3 is 5.97 Å². The van der Waals surface area contributed by atoms with E-state index < -0.39 is 47.5 Å². The number of carbonyl (C=O) groups is 3. The molecule has 30 heavy (non-hydrogen) atoms. The number of hydrogen-bond donors (Lipinski definition) is 2. The highest BCUT2D eigenvalue weighted by molar-refractivity contribution is 6.23. The Morgan fingerprint density at radius 2 is 1.70 bits per heavy atom. The molecule has 0 unspecified atom stereocenters. The van der Waals surface area contributed by atoms with Crippen LogP contribution in [0.3, 0.4) is 0 Å². The molecule has 0 saturated carbocycles. The Kier molecular flexibility index (Phi) is 4.90. The second-order valence-corrected chi connectivity index (χ2v) is 7.11. The monoisotopic (exact) mass is 414 g/mol. The van der Waals surface area contributed by atoms with Gasteiger partial charge in [0.15, 0.2) is 0 Å². The number of benzene rings is 2. The summed E-state index contributed by atoms with van der Waals surface area (Å²) >= 11 is 0. The molecule has 9 heteroatoms. The van der Waals surface area contributed by atoms with Gasteiger partial charge in [0, 0.05) is 11.6 Å². The van der Waals surface area contributed by atoms with Crippen LogP contribution >= 0.6 is 0 Å². The molecule has 8 nitrogen and oxygen atoms in total. The number of anilines is 1. The Labute approximate surface area is 171 Å². The number of ether oxygens (including phenoxy) is 2. The summed E-state index contributed by atoms with van der Waals surface area (Å²) in [6, 6.07) is 7.83. The van der Waals surface area contributed by atoms with E-state index in [9.17, 15) is 23.9 Å². The third-order valence-corrected chi connectivity index (χ3v) is 5.60. The molecule has 0 aliphatic carbocycles. The largest absolute Gasteiger partial charge is 0.497 e. The normalized spacial score (nSPS) is 25.4. The molecule has 2 heterocycles. The lowest BCUT2D eigenvalue weighted by atomic mass is 9.86. The summed E-state index contributed by atoms with van der Waals surface area (Å²) in [6.45, 7) is 0. The zero-order valence-corrected chi connectivity index (χ0v) is 16.2. The minimum absolute atomic E-state index is 0.196. The van der Waals surface area contributed by atoms with Crippen molar-refractivity contribution in [3.8, 4) is 11.5 Å². The molecule has 2 aromatic carbocycles. The van der Waals surface area contributed by atoms with Crippen molar-refractivity contribution >= 4 is 23.5 Å². The molecule has 0 radical (unpaired) electrons. The third kappa shape index (κ3) is 2.98. The Morgan fingerprint density at radius 1 is 1.03 bits per heavy atom. The van der Waals surface area contributed by atoms with Crippen LogP contribution in [0.15, 0.2) is 42.5 Å². The number of carboxylic acid groups (broad SMARTS) is 1. The van der Waals surface area contributed by atoms with Crippen LogP contribution in [0.4, 0.5) is 10.1 Å². The molecular weight excluding hydrogens is 395 g/mol. The van der Waals surface area contributed by atoms with E-state index in [4.69, 9.17) is 9.47 Å². The fourth-order valence-corrected chi connectivity index (χ4v) is 4.25. The van der Waals surface area contributed by atoms with E-state index >= 15 is 0 Å². The van der Waals surface area contributed by atoms with Crippen molar-refractivity contribution in [1.29, 1.82) is 0 Å². The average molecular weight is 414 g/mol. The lowest BCUT2D eigenvalue weighted by molar-refractivity contribution is -0.142. The van der Waals surface area contributed by atoms with Gasteiger partial charge in [0.1, 0.15) is 23.4 Å². The van der Waals surface area contributed by atoms with Gasteiger partial charge < -0.3 is 14.6 Å². The van der Waals surface area contributed by atoms with E-state index in [0.717, 1.165) is 17.0 Å². The standard InChI is InChI=1S/C21H19FN2O6/c1-29-12-7-8-14(30-2)13(9-12)17-15-16(18(23-17)21(27)28)20(26)24(19(15)25)11-5-3-10(22)4-6-11/h3-9,15-18,23H,1-2H3,(H,27,28)/t15-,16-,17-,18-/m0/s1. The third-order valence-electron chi connectivity index (χ3n) is 5.60. The van der Waals surface area contributed by atoms with Crippen molar-refractivity contribution in [2.75, 3.05) is 19.1 Å². The lowest BCUT2D eigenvalue weighted by Crippen LogP contribution is -2.43. The summed E-state index contributed by atoms with van der Waals surface area (Å²) in [5, 5.41) is 12.6. The minimum atomic E-state index is -1.27. The van der Waals surface area contributed by atoms with Gasteiger partial charge in [0.2, 0.25) is 11.8 Å². The van der Waals surface area contributed by atoms with Crippen molar-refractivity contribution in [2.45, 2.75) is 12.1 Å². The molecule has 2 saturated heterocycles. The van der Waals surface area contributed by atoms with Gasteiger partial charge in [0.25, 0.3) is 0 Å². The van der Waals surface area contributed by atoms with Gasteiger partial charge in [-0.05, 0) is 42.5 Å². The molecule has 2 amide bonds. The number of hydrogen-bond acceptors (Lipinski definition) is 6. The number of halogens is 1. The molecule has 2 aliphatic rings. The molecule has 0 bridgehead atoms. The maximum Gasteiger partial charge on any atom is 0.321 e. The minimum Gasteiger partial charge on any atom is -0.497 e. The van der Waals surface area contributed by atoms with Crippen LogP contribution in [-0.4, -0.2) is 43.2 Å². The zero-order chi connectivity index (χ0) is 21.6. The quantitative estimate of drug-likeness (QED) is 0.718. The Balaban J connectivity index is 1.81. The number of imide groups is 1. The van der Waals surface area contributed by atoms with Gasteiger partial charge in [0.05, 0.1) is 31.7 Å². The number of carbonyl (C=O) groups excluding carboxylic acids is 2. The van der Waals surface area contributed by atoms with E-state index in [0.29, 0.717) is 17.1 Å². The number of nitrogens with one attached hydrogen (secondary N) is 1. The van der Waals surface area contributed by atoms with E-state index in [1.54, 1.807) is 18.2 Å². The smallest absolute Gasteiger partial charge is 0.321 e. The SMILES string of the molecule is COc1ccc(OC)c([C@@H]2N[C@H](C(=O)O)[C@H]3C(=O)N(c4ccc(F)cc4)C(=O)[C@@H]32)c1. The van der Waals surface area contributed by atoms with Crippen molar-refractivity contribution in [1.82, 2.24) is 5.32 Å². The predicted molar refractivity (Wildman–Crippen MR) is 103 cm³/mol. The first-order valence-electron chi connectivity index (χ1n) is 9.21. The number of carboxylic acids is 1. The Morgan fingerprint density at radius 3 is 2.30 bits per heavy atom. The van der Waals surface area contributed by atoms with E-state index in [-0.39, 0.29) is 5.69 Å². The van der Waals surface area contributed by atoms with Crippen molar-refractivity contribution < 1.29 is 33.4 Å². The number of nitrogens with zero attached hydrogens (tertiary/aromatic N) is 1. The molecule has 2 N–H and O–H groups in total. The molecular formula is C21H19FN2O6. The highest BCUT2D eigenvalue weighted by Crippen LogP contribution is 2.47. The zero-order valence-electron chi connectivity index (χ0n) is 16.2. The van der Waals surface area contributed by atoms with Crippen molar-refractivity contribution in [3.63, 3.8) is 0 Å². The lowest BCUT2D eigenvalue weighted by Gasteiger charge is -2.23. The summed E-state index contributed by atoms with van der Waals surface area (Å²) in [7, 11) is 2.94. The predicted octanol–water partition coefficient (Wildman–Crippen LogP) is 1.75. The first-order chi connectivity index (χ1) is 14.4. The van der Waals surface area contributed by atoms with Crippen LogP contribution in [0.25, 0.3) is 0 Å². The van der Waals surface area contributed by atoms with Gasteiger partial charge in [-0.15, -0.1) is 0 Å². The summed E-state index contributed by atoms with van der Waals surface area (Å²) in [6.07, 6.45) is 0. The average Bonchev–Trinajstić information content (AvgIpc) is 3.25. The maximum atomic E-state index is 13.3. The first kappa shape index (κ1) is 19.8. The molecule has 2 fully saturated rings. The Hall–Kier alpha value is -3.46. The van der Waals surface area contributed by atoms with Gasteiger partial charge in [-0.1, -0.05) is 0 Å². The molecule has 2 aliphatic heterocycles. The summed E-state index contributed by atoms with van der Waals surface area (Å²) in [5.74, 6) is -4.10. The number of aliphatic carboxylic acids is 1. The highest BCUT2D eigenvalue weighted by Gasteiger charge is 2.61. The van der Waals surface area contributed by atoms with Crippen LogP contribution in [0.5, 0.6) is 11.5 Å².